The van der Waals surface area contributed by atoms with E-state index >= 15 is 0 Å². The van der Waals surface area contributed by atoms with Gasteiger partial charge in [0.25, 0.3) is 5.91 Å². The smallest absolute Gasteiger partial charge is 0.250 e. The van der Waals surface area contributed by atoms with Crippen LogP contribution >= 0.6 is 0 Å². The minimum atomic E-state index is -1.27. The van der Waals surface area contributed by atoms with Gasteiger partial charge < -0.3 is 11.1 Å². The Balaban J connectivity index is 1.70. The highest BCUT2D eigenvalue weighted by atomic mass is 19.1. The van der Waals surface area contributed by atoms with Crippen LogP contribution in [0.5, 0.6) is 0 Å². The maximum absolute atomic E-state index is 14.3. The molecule has 1 fully saturated rings. The van der Waals surface area contributed by atoms with E-state index in [1.165, 1.54) is 0 Å². The predicted octanol–water partition coefficient (Wildman–Crippen LogP) is 2.54. The number of rotatable bonds is 3. The van der Waals surface area contributed by atoms with Crippen molar-refractivity contribution in [3.63, 3.8) is 0 Å². The summed E-state index contributed by atoms with van der Waals surface area (Å²) in [6, 6.07) is 12.4. The van der Waals surface area contributed by atoms with Crippen LogP contribution in [0.3, 0.4) is 0 Å². The van der Waals surface area contributed by atoms with Gasteiger partial charge in [0, 0.05) is 25.4 Å². The number of aromatic nitrogens is 2. The minimum Gasteiger partial charge on any atom is -0.366 e. The quantitative estimate of drug-likeness (QED) is 0.770. The summed E-state index contributed by atoms with van der Waals surface area (Å²) >= 11 is 0. The van der Waals surface area contributed by atoms with Crippen molar-refractivity contribution in [1.29, 1.82) is 0 Å². The SMILES string of the molecule is [2H][C@@]1(c2ccc(-n3cc4cccc(C(N)=O)c4n3)cc2)CNCC[C@@H]1F. The van der Waals surface area contributed by atoms with Gasteiger partial charge in [-0.3, -0.25) is 4.79 Å². The van der Waals surface area contributed by atoms with Crippen molar-refractivity contribution in [2.45, 2.75) is 18.5 Å². The molecule has 6 heteroatoms. The summed E-state index contributed by atoms with van der Waals surface area (Å²) < 4.78 is 24.5. The highest BCUT2D eigenvalue weighted by Crippen LogP contribution is 2.27. The zero-order valence-electron chi connectivity index (χ0n) is 14.6. The lowest BCUT2D eigenvalue weighted by atomic mass is 9.90. The average Bonchev–Trinajstić information content (AvgIpc) is 3.08. The summed E-state index contributed by atoms with van der Waals surface area (Å²) in [4.78, 5) is 11.6. The van der Waals surface area contributed by atoms with Crippen LogP contribution in [0.2, 0.25) is 0 Å². The van der Waals surface area contributed by atoms with Gasteiger partial charge in [-0.05, 0) is 36.7 Å². The molecule has 2 aromatic carbocycles. The summed E-state index contributed by atoms with van der Waals surface area (Å²) in [6.45, 7) is 0.892. The molecular formula is C19H19FN4O. The maximum atomic E-state index is 14.3. The number of primary amides is 1. The first-order valence-corrected chi connectivity index (χ1v) is 8.23. The second-order valence-electron chi connectivity index (χ2n) is 6.19. The Bertz CT molecular complexity index is 971. The van der Waals surface area contributed by atoms with E-state index in [-0.39, 0.29) is 0 Å². The first kappa shape index (κ1) is 14.6. The number of nitrogens with zero attached hydrogens (tertiary/aromatic N) is 2. The summed E-state index contributed by atoms with van der Waals surface area (Å²) in [5, 5.41) is 8.37. The number of nitrogens with one attached hydrogen (secondary N) is 1. The monoisotopic (exact) mass is 339 g/mol. The van der Waals surface area contributed by atoms with Crippen LogP contribution in [0.15, 0.2) is 48.7 Å². The number of amides is 1. The van der Waals surface area contributed by atoms with E-state index in [0.717, 1.165) is 11.1 Å². The van der Waals surface area contributed by atoms with Crippen LogP contribution in [0.25, 0.3) is 16.6 Å². The van der Waals surface area contributed by atoms with E-state index in [0.29, 0.717) is 36.2 Å². The second-order valence-corrected chi connectivity index (χ2v) is 6.19. The fraction of sp³-hybridized carbons (Fsp3) is 0.263. The van der Waals surface area contributed by atoms with E-state index in [9.17, 15) is 9.18 Å². The first-order valence-electron chi connectivity index (χ1n) is 8.73. The Hall–Kier alpha value is -2.73. The average molecular weight is 339 g/mol. The summed E-state index contributed by atoms with van der Waals surface area (Å²) in [6.07, 6.45) is 0.957. The van der Waals surface area contributed by atoms with Crippen molar-refractivity contribution >= 4 is 16.8 Å². The number of carbonyl (C=O) groups excluding carboxylic acids is 1. The molecule has 1 aliphatic heterocycles. The van der Waals surface area contributed by atoms with Gasteiger partial charge in [0.05, 0.1) is 11.3 Å². The van der Waals surface area contributed by atoms with Gasteiger partial charge >= 0.3 is 0 Å². The lowest BCUT2D eigenvalue weighted by Gasteiger charge is -2.27. The van der Waals surface area contributed by atoms with Crippen LogP contribution in [0.1, 0.15) is 29.6 Å². The number of fused-ring (bicyclic) bond motifs is 1. The molecule has 0 saturated carbocycles. The van der Waals surface area contributed by atoms with Crippen LogP contribution < -0.4 is 11.1 Å². The van der Waals surface area contributed by atoms with Crippen molar-refractivity contribution in [3.8, 4) is 5.69 Å². The van der Waals surface area contributed by atoms with E-state index in [4.69, 9.17) is 7.10 Å². The molecule has 0 bridgehead atoms. The number of benzene rings is 2. The Morgan fingerprint density at radius 2 is 2.12 bits per heavy atom. The van der Waals surface area contributed by atoms with Crippen LogP contribution in [-0.4, -0.2) is 34.9 Å². The van der Waals surface area contributed by atoms with Gasteiger partial charge in [0.1, 0.15) is 11.7 Å². The Kier molecular flexibility index (Phi) is 3.67. The highest BCUT2D eigenvalue weighted by Gasteiger charge is 2.25. The highest BCUT2D eigenvalue weighted by molar-refractivity contribution is 6.04. The van der Waals surface area contributed by atoms with Gasteiger partial charge in [0.2, 0.25) is 0 Å². The molecule has 128 valence electrons. The molecule has 1 aliphatic rings. The molecule has 2 heterocycles. The molecule has 0 unspecified atom stereocenters. The zero-order valence-corrected chi connectivity index (χ0v) is 13.6. The largest absolute Gasteiger partial charge is 0.366 e. The number of carbonyl (C=O) groups is 1. The van der Waals surface area contributed by atoms with Gasteiger partial charge in [-0.1, -0.05) is 24.3 Å². The summed E-state index contributed by atoms with van der Waals surface area (Å²) in [5.74, 6) is -1.80. The molecule has 2 atom stereocenters. The van der Waals surface area contributed by atoms with Gasteiger partial charge in [-0.15, -0.1) is 0 Å². The van der Waals surface area contributed by atoms with E-state index in [2.05, 4.69) is 10.4 Å². The van der Waals surface area contributed by atoms with Crippen LogP contribution in [-0.2, 0) is 0 Å². The van der Waals surface area contributed by atoms with Crippen molar-refractivity contribution in [3.05, 3.63) is 59.8 Å². The molecular weight excluding hydrogens is 319 g/mol. The molecule has 25 heavy (non-hydrogen) atoms. The van der Waals surface area contributed by atoms with Gasteiger partial charge in [-0.25, -0.2) is 9.07 Å². The lowest BCUT2D eigenvalue weighted by molar-refractivity contribution is 0.100. The summed E-state index contributed by atoms with van der Waals surface area (Å²) in [5.41, 5.74) is 7.72. The minimum absolute atomic E-state index is 0.293. The second kappa shape index (κ2) is 6.29. The summed E-state index contributed by atoms with van der Waals surface area (Å²) in [7, 11) is 0. The topological polar surface area (TPSA) is 72.9 Å². The molecule has 0 spiro atoms. The van der Waals surface area contributed by atoms with Crippen LogP contribution in [0.4, 0.5) is 4.39 Å². The van der Waals surface area contributed by atoms with Crippen molar-refractivity contribution in [1.82, 2.24) is 15.1 Å². The van der Waals surface area contributed by atoms with Gasteiger partial charge in [-0.2, -0.15) is 5.10 Å². The van der Waals surface area contributed by atoms with Crippen LogP contribution in [0, 0.1) is 0 Å². The van der Waals surface area contributed by atoms with E-state index in [1.807, 2.05) is 24.4 Å². The van der Waals surface area contributed by atoms with Crippen molar-refractivity contribution < 1.29 is 10.6 Å². The Morgan fingerprint density at radius 3 is 2.84 bits per heavy atom. The fourth-order valence-electron chi connectivity index (χ4n) is 3.22. The molecule has 1 amide bonds. The molecule has 0 radical (unpaired) electrons. The molecule has 4 rings (SSSR count). The molecule has 3 N–H and O–H groups in total. The number of piperidine rings is 1. The van der Waals surface area contributed by atoms with E-state index in [1.54, 1.807) is 28.9 Å². The third-order valence-corrected chi connectivity index (χ3v) is 4.57. The molecule has 1 saturated heterocycles. The number of hydrogen-bond acceptors (Lipinski definition) is 3. The first-order chi connectivity index (χ1) is 12.5. The normalized spacial score (nSPS) is 24.2. The lowest BCUT2D eigenvalue weighted by Crippen LogP contribution is -2.36. The number of alkyl halides is 1. The third-order valence-electron chi connectivity index (χ3n) is 4.57. The Labute approximate surface area is 146 Å². The molecule has 3 aromatic rings. The zero-order chi connectivity index (χ0) is 18.3. The van der Waals surface area contributed by atoms with Crippen molar-refractivity contribution in [2.24, 2.45) is 5.73 Å². The number of hydrogen-bond donors (Lipinski definition) is 2. The van der Waals surface area contributed by atoms with Crippen molar-refractivity contribution in [2.75, 3.05) is 13.1 Å². The maximum Gasteiger partial charge on any atom is 0.250 e. The molecule has 0 aliphatic carbocycles. The Morgan fingerprint density at radius 1 is 1.32 bits per heavy atom. The number of nitrogens with two attached hydrogens (primary N) is 1. The number of halogens is 1. The van der Waals surface area contributed by atoms with E-state index < -0.39 is 18.0 Å². The molecule has 1 aromatic heterocycles. The fourth-order valence-corrected chi connectivity index (χ4v) is 3.22. The predicted molar refractivity (Wildman–Crippen MR) is 94.7 cm³/mol. The molecule has 5 nitrogen and oxygen atoms in total. The van der Waals surface area contributed by atoms with Gasteiger partial charge in [0.15, 0.2) is 0 Å². The standard InChI is InChI=1S/C19H19FN4O/c20-17-8-9-22-10-16(17)12-4-6-14(7-5-12)24-11-13-2-1-3-15(19(21)25)18(13)23-24/h1-7,11,16-17,22H,8-10H2,(H2,21,25)/t16-,17-/m0/s1/i16D. The third kappa shape index (κ3) is 2.89.